The molecule has 0 atom stereocenters. The third kappa shape index (κ3) is 4.28. The van der Waals surface area contributed by atoms with Crippen LogP contribution in [-0.2, 0) is 4.79 Å². The zero-order chi connectivity index (χ0) is 16.2. The number of H-pyrrole nitrogens is 1. The van der Waals surface area contributed by atoms with Gasteiger partial charge in [0.25, 0.3) is 0 Å². The quantitative estimate of drug-likeness (QED) is 0.722. The van der Waals surface area contributed by atoms with Gasteiger partial charge in [-0.25, -0.2) is 14.2 Å². The first-order valence-corrected chi connectivity index (χ1v) is 8.01. The van der Waals surface area contributed by atoms with Crippen LogP contribution in [0.1, 0.15) is 12.8 Å². The summed E-state index contributed by atoms with van der Waals surface area (Å²) in [5.74, 6) is -0.565. The van der Waals surface area contributed by atoms with Crippen molar-refractivity contribution in [2.24, 2.45) is 0 Å². The number of hydrogen-bond donors (Lipinski definition) is 3. The van der Waals surface area contributed by atoms with Crippen molar-refractivity contribution in [3.63, 3.8) is 0 Å². The zero-order valence-corrected chi connectivity index (χ0v) is 12.8. The van der Waals surface area contributed by atoms with Gasteiger partial charge in [0.2, 0.25) is 11.1 Å². The predicted octanol–water partition coefficient (Wildman–Crippen LogP) is 1.69. The summed E-state index contributed by atoms with van der Waals surface area (Å²) in [4.78, 5) is 27.2. The lowest BCUT2D eigenvalue weighted by Gasteiger charge is -2.03. The number of urea groups is 1. The van der Waals surface area contributed by atoms with E-state index in [0.29, 0.717) is 10.7 Å². The molecular weight excluding hydrogens is 321 g/mol. The smallest absolute Gasteiger partial charge is 0.321 e. The fourth-order valence-corrected chi connectivity index (χ4v) is 2.43. The minimum Gasteiger partial charge on any atom is -0.335 e. The Labute approximate surface area is 135 Å². The van der Waals surface area contributed by atoms with E-state index in [4.69, 9.17) is 0 Å². The summed E-state index contributed by atoms with van der Waals surface area (Å²) in [5, 5.41) is 11.7. The first-order valence-electron chi connectivity index (χ1n) is 7.02. The third-order valence-corrected chi connectivity index (χ3v) is 3.94. The summed E-state index contributed by atoms with van der Waals surface area (Å²) in [7, 11) is 0. The van der Waals surface area contributed by atoms with Crippen LogP contribution in [0.25, 0.3) is 11.4 Å². The molecule has 1 aromatic heterocycles. The largest absolute Gasteiger partial charge is 0.335 e. The van der Waals surface area contributed by atoms with Crippen LogP contribution in [-0.4, -0.2) is 38.9 Å². The van der Waals surface area contributed by atoms with Crippen LogP contribution in [0.4, 0.5) is 9.18 Å². The Hall–Kier alpha value is -2.42. The van der Waals surface area contributed by atoms with Gasteiger partial charge < -0.3 is 5.32 Å². The molecule has 1 aromatic carbocycles. The number of carbonyl (C=O) groups excluding carboxylic acids is 2. The molecular formula is C14H14FN5O2S. The molecule has 0 radical (unpaired) electrons. The second-order valence-electron chi connectivity index (χ2n) is 5.03. The fourth-order valence-electron chi connectivity index (χ4n) is 1.83. The average molecular weight is 335 g/mol. The van der Waals surface area contributed by atoms with E-state index in [1.165, 1.54) is 6.07 Å². The van der Waals surface area contributed by atoms with Gasteiger partial charge >= 0.3 is 6.03 Å². The van der Waals surface area contributed by atoms with Gasteiger partial charge in [-0.2, -0.15) is 0 Å². The van der Waals surface area contributed by atoms with E-state index in [2.05, 4.69) is 25.8 Å². The Bertz CT molecular complexity index is 731. The van der Waals surface area contributed by atoms with Crippen molar-refractivity contribution in [1.29, 1.82) is 0 Å². The number of halogens is 1. The number of amides is 3. The fraction of sp³-hybridized carbons (Fsp3) is 0.286. The van der Waals surface area contributed by atoms with E-state index in [1.54, 1.807) is 18.2 Å². The van der Waals surface area contributed by atoms with Crippen LogP contribution in [0, 0.1) is 5.82 Å². The molecule has 0 aliphatic heterocycles. The lowest BCUT2D eigenvalue weighted by atomic mass is 10.2. The summed E-state index contributed by atoms with van der Waals surface area (Å²) >= 11 is 1.06. The Kier molecular flexibility index (Phi) is 4.56. The molecule has 1 aliphatic carbocycles. The molecule has 1 saturated carbocycles. The number of hydrogen-bond acceptors (Lipinski definition) is 5. The maximum atomic E-state index is 13.6. The lowest BCUT2D eigenvalue weighted by molar-refractivity contribution is -0.117. The number of nitrogens with one attached hydrogen (secondary N) is 3. The highest BCUT2D eigenvalue weighted by molar-refractivity contribution is 7.99. The number of carbonyl (C=O) groups is 2. The van der Waals surface area contributed by atoms with Crippen molar-refractivity contribution in [3.8, 4) is 11.4 Å². The normalized spacial score (nSPS) is 13.6. The van der Waals surface area contributed by atoms with Gasteiger partial charge in [0.15, 0.2) is 5.82 Å². The first kappa shape index (κ1) is 15.5. The van der Waals surface area contributed by atoms with Gasteiger partial charge in [-0.05, 0) is 25.0 Å². The van der Waals surface area contributed by atoms with Crippen molar-refractivity contribution >= 4 is 23.7 Å². The van der Waals surface area contributed by atoms with E-state index < -0.39 is 17.8 Å². The van der Waals surface area contributed by atoms with E-state index in [1.807, 2.05) is 0 Å². The SMILES string of the molecule is O=C(CSc1n[nH]c(-c2ccccc2F)n1)NC(=O)NC1CC1. The van der Waals surface area contributed by atoms with Crippen molar-refractivity contribution in [3.05, 3.63) is 30.1 Å². The second-order valence-corrected chi connectivity index (χ2v) is 5.97. The Balaban J connectivity index is 1.52. The molecule has 3 rings (SSSR count). The molecule has 3 N–H and O–H groups in total. The Morgan fingerprint density at radius 3 is 2.87 bits per heavy atom. The molecule has 7 nitrogen and oxygen atoms in total. The molecule has 1 fully saturated rings. The topological polar surface area (TPSA) is 99.8 Å². The molecule has 0 saturated heterocycles. The van der Waals surface area contributed by atoms with Gasteiger partial charge in [-0.3, -0.25) is 15.2 Å². The summed E-state index contributed by atoms with van der Waals surface area (Å²) in [6, 6.07) is 5.89. The molecule has 9 heteroatoms. The number of aromatic nitrogens is 3. The zero-order valence-electron chi connectivity index (χ0n) is 12.0. The molecule has 0 spiro atoms. The number of thioether (sulfide) groups is 1. The lowest BCUT2D eigenvalue weighted by Crippen LogP contribution is -2.41. The monoisotopic (exact) mass is 335 g/mol. The van der Waals surface area contributed by atoms with Crippen LogP contribution in [0.2, 0.25) is 0 Å². The molecule has 120 valence electrons. The summed E-state index contributed by atoms with van der Waals surface area (Å²) in [6.07, 6.45) is 1.90. The highest BCUT2D eigenvalue weighted by Crippen LogP contribution is 2.21. The van der Waals surface area contributed by atoms with Crippen LogP contribution in [0.5, 0.6) is 0 Å². The Morgan fingerprint density at radius 1 is 1.35 bits per heavy atom. The number of benzene rings is 1. The van der Waals surface area contributed by atoms with Gasteiger partial charge in [-0.1, -0.05) is 23.9 Å². The van der Waals surface area contributed by atoms with Crippen LogP contribution in [0.15, 0.2) is 29.4 Å². The second kappa shape index (κ2) is 6.78. The van der Waals surface area contributed by atoms with E-state index >= 15 is 0 Å². The predicted molar refractivity (Wildman–Crippen MR) is 82.2 cm³/mol. The highest BCUT2D eigenvalue weighted by Gasteiger charge is 2.24. The summed E-state index contributed by atoms with van der Waals surface area (Å²) in [6.45, 7) is 0. The van der Waals surface area contributed by atoms with Crippen molar-refractivity contribution in [2.75, 3.05) is 5.75 Å². The number of imide groups is 1. The van der Waals surface area contributed by atoms with Gasteiger partial charge in [0, 0.05) is 6.04 Å². The molecule has 3 amide bonds. The van der Waals surface area contributed by atoms with Gasteiger partial charge in [-0.15, -0.1) is 5.10 Å². The summed E-state index contributed by atoms with van der Waals surface area (Å²) < 4.78 is 13.6. The first-order chi connectivity index (χ1) is 11.1. The number of nitrogens with zero attached hydrogens (tertiary/aromatic N) is 2. The van der Waals surface area contributed by atoms with Crippen LogP contribution >= 0.6 is 11.8 Å². The van der Waals surface area contributed by atoms with E-state index in [-0.39, 0.29) is 17.6 Å². The van der Waals surface area contributed by atoms with Gasteiger partial charge in [0.1, 0.15) is 5.82 Å². The standard InChI is InChI=1S/C14H14FN5O2S/c15-10-4-2-1-3-9(10)12-18-14(20-19-12)23-7-11(21)17-13(22)16-8-5-6-8/h1-4,8H,5-7H2,(H,18,19,20)(H2,16,17,21,22). The molecule has 2 aromatic rings. The maximum Gasteiger partial charge on any atom is 0.321 e. The van der Waals surface area contributed by atoms with Crippen molar-refractivity contribution in [2.45, 2.75) is 24.0 Å². The van der Waals surface area contributed by atoms with E-state index in [9.17, 15) is 14.0 Å². The van der Waals surface area contributed by atoms with Crippen LogP contribution < -0.4 is 10.6 Å². The van der Waals surface area contributed by atoms with Crippen molar-refractivity contribution < 1.29 is 14.0 Å². The van der Waals surface area contributed by atoms with Crippen LogP contribution in [0.3, 0.4) is 0 Å². The summed E-state index contributed by atoms with van der Waals surface area (Å²) in [5.41, 5.74) is 0.306. The molecule has 0 bridgehead atoms. The molecule has 1 heterocycles. The maximum absolute atomic E-state index is 13.6. The molecule has 23 heavy (non-hydrogen) atoms. The third-order valence-electron chi connectivity index (χ3n) is 3.09. The average Bonchev–Trinajstić information content (AvgIpc) is 3.20. The minimum atomic E-state index is -0.486. The van der Waals surface area contributed by atoms with E-state index in [0.717, 1.165) is 24.6 Å². The number of aromatic amines is 1. The number of rotatable bonds is 5. The van der Waals surface area contributed by atoms with Gasteiger partial charge in [0.05, 0.1) is 11.3 Å². The Morgan fingerprint density at radius 2 is 2.13 bits per heavy atom. The molecule has 1 aliphatic rings. The minimum absolute atomic E-state index is 0.00729. The molecule has 0 unspecified atom stereocenters. The highest BCUT2D eigenvalue weighted by atomic mass is 32.2. The van der Waals surface area contributed by atoms with Crippen molar-refractivity contribution in [1.82, 2.24) is 25.8 Å².